The molecule has 5 N–H and O–H groups in total. The molecule has 18 heavy (non-hydrogen) atoms. The third-order valence-electron chi connectivity index (χ3n) is 3.10. The maximum absolute atomic E-state index is 6.31. The van der Waals surface area contributed by atoms with E-state index in [-0.39, 0.29) is 0 Å². The summed E-state index contributed by atoms with van der Waals surface area (Å²) in [6.45, 7) is 0. The number of rotatable bonds is 1. The minimum Gasteiger partial charge on any atom is -0.370 e. The summed E-state index contributed by atoms with van der Waals surface area (Å²) < 4.78 is 1.81. The highest BCUT2D eigenvalue weighted by Gasteiger charge is 2.28. The van der Waals surface area contributed by atoms with Gasteiger partial charge >= 0.3 is 0 Å². The number of hydrogen-bond acceptors (Lipinski definition) is 5. The Labute approximate surface area is 104 Å². The Balaban J connectivity index is 2.26. The van der Waals surface area contributed by atoms with Crippen LogP contribution in [0, 0.1) is 0 Å². The van der Waals surface area contributed by atoms with Gasteiger partial charge in [-0.2, -0.15) is 5.10 Å². The highest BCUT2D eigenvalue weighted by atomic mass is 15.2. The Hall–Kier alpha value is -2.34. The van der Waals surface area contributed by atoms with Gasteiger partial charge in [-0.25, -0.2) is 4.99 Å². The molecule has 0 radical (unpaired) electrons. The summed E-state index contributed by atoms with van der Waals surface area (Å²) in [5.41, 5.74) is 12.9. The van der Waals surface area contributed by atoms with Crippen molar-refractivity contribution >= 4 is 16.9 Å². The second kappa shape index (κ2) is 3.58. The van der Waals surface area contributed by atoms with Crippen LogP contribution in [0.4, 0.5) is 0 Å². The van der Waals surface area contributed by atoms with Gasteiger partial charge in [0.25, 0.3) is 0 Å². The van der Waals surface area contributed by atoms with Crippen LogP contribution < -0.4 is 16.8 Å². The molecule has 0 amide bonds. The molecule has 0 spiro atoms. The van der Waals surface area contributed by atoms with Crippen molar-refractivity contribution in [2.24, 2.45) is 23.5 Å². The number of fused-ring (bicyclic) bond motifs is 1. The Kier molecular flexibility index (Phi) is 2.14. The summed E-state index contributed by atoms with van der Waals surface area (Å²) in [6, 6.07) is 5.87. The lowest BCUT2D eigenvalue weighted by atomic mass is 9.96. The average molecular weight is 242 g/mol. The standard InChI is InChI=1S/C12H14N6/c1-18-10-4-2-3-9(8(10)7-16-18)12(14)5-6-15-11(13)17-12/h2-7H,14H2,1H3,(H3,13,15,17). The quantitative estimate of drug-likeness (QED) is 0.662. The van der Waals surface area contributed by atoms with Crippen molar-refractivity contribution < 1.29 is 0 Å². The summed E-state index contributed by atoms with van der Waals surface area (Å²) in [5, 5.41) is 8.03. The van der Waals surface area contributed by atoms with Crippen LogP contribution in [-0.4, -0.2) is 15.7 Å². The van der Waals surface area contributed by atoms with E-state index >= 15 is 0 Å². The zero-order valence-electron chi connectivity index (χ0n) is 9.96. The van der Waals surface area contributed by atoms with Gasteiger partial charge in [0.2, 0.25) is 0 Å². The van der Waals surface area contributed by atoms with Crippen LogP contribution in [0.5, 0.6) is 0 Å². The number of benzene rings is 1. The molecule has 0 bridgehead atoms. The van der Waals surface area contributed by atoms with Gasteiger partial charge in [-0.1, -0.05) is 12.1 Å². The minimum atomic E-state index is -0.947. The fourth-order valence-corrected chi connectivity index (χ4v) is 2.20. The number of nitrogens with one attached hydrogen (secondary N) is 1. The lowest BCUT2D eigenvalue weighted by Gasteiger charge is -2.26. The van der Waals surface area contributed by atoms with Gasteiger partial charge < -0.3 is 11.1 Å². The molecule has 3 rings (SSSR count). The lowest BCUT2D eigenvalue weighted by molar-refractivity contribution is 0.586. The van der Waals surface area contributed by atoms with E-state index in [2.05, 4.69) is 15.4 Å². The number of guanidine groups is 1. The van der Waals surface area contributed by atoms with Crippen molar-refractivity contribution in [3.63, 3.8) is 0 Å². The molecule has 1 aromatic carbocycles. The van der Waals surface area contributed by atoms with Crippen LogP contribution >= 0.6 is 0 Å². The smallest absolute Gasteiger partial charge is 0.195 e. The Morgan fingerprint density at radius 1 is 1.39 bits per heavy atom. The average Bonchev–Trinajstić information content (AvgIpc) is 2.71. The topological polar surface area (TPSA) is 94.2 Å². The highest BCUT2D eigenvalue weighted by Crippen LogP contribution is 2.29. The van der Waals surface area contributed by atoms with Crippen molar-refractivity contribution in [2.45, 2.75) is 5.66 Å². The molecule has 2 aromatic rings. The maximum Gasteiger partial charge on any atom is 0.195 e. The normalized spacial score (nSPS) is 22.9. The summed E-state index contributed by atoms with van der Waals surface area (Å²) in [5.74, 6) is 0.306. The van der Waals surface area contributed by atoms with Crippen molar-refractivity contribution in [1.82, 2.24) is 15.1 Å². The van der Waals surface area contributed by atoms with Crippen molar-refractivity contribution in [1.29, 1.82) is 0 Å². The van der Waals surface area contributed by atoms with Crippen LogP contribution in [0.15, 0.2) is 41.7 Å². The SMILES string of the molecule is Cn1ncc2c(C3(N)C=CNC(N)=N3)cccc21. The summed E-state index contributed by atoms with van der Waals surface area (Å²) in [6.07, 6.45) is 5.28. The van der Waals surface area contributed by atoms with E-state index in [9.17, 15) is 0 Å². The molecule has 1 atom stereocenters. The molecule has 1 aliphatic heterocycles. The number of aliphatic imine (C=N–C) groups is 1. The van der Waals surface area contributed by atoms with Crippen LogP contribution in [-0.2, 0) is 12.7 Å². The lowest BCUT2D eigenvalue weighted by Crippen LogP contribution is -2.42. The molecular formula is C12H14N6. The Bertz CT molecular complexity index is 668. The number of hydrogen-bond donors (Lipinski definition) is 3. The van der Waals surface area contributed by atoms with Crippen molar-refractivity contribution in [3.05, 3.63) is 42.2 Å². The van der Waals surface area contributed by atoms with Crippen LogP contribution in [0.3, 0.4) is 0 Å². The van der Waals surface area contributed by atoms with E-state index in [1.807, 2.05) is 25.2 Å². The third-order valence-corrected chi connectivity index (χ3v) is 3.10. The Morgan fingerprint density at radius 2 is 2.22 bits per heavy atom. The number of nitrogens with zero attached hydrogens (tertiary/aromatic N) is 3. The molecule has 0 saturated carbocycles. The van der Waals surface area contributed by atoms with Gasteiger partial charge in [-0.3, -0.25) is 10.4 Å². The minimum absolute atomic E-state index is 0.306. The second-order valence-electron chi connectivity index (χ2n) is 4.31. The van der Waals surface area contributed by atoms with Gasteiger partial charge in [0.1, 0.15) is 0 Å². The fourth-order valence-electron chi connectivity index (χ4n) is 2.20. The summed E-state index contributed by atoms with van der Waals surface area (Å²) in [4.78, 5) is 4.28. The number of nitrogens with two attached hydrogens (primary N) is 2. The van der Waals surface area contributed by atoms with E-state index in [1.54, 1.807) is 23.2 Å². The van der Waals surface area contributed by atoms with Crippen molar-refractivity contribution in [2.75, 3.05) is 0 Å². The fraction of sp³-hybridized carbons (Fsp3) is 0.167. The molecule has 0 saturated heterocycles. The third kappa shape index (κ3) is 1.46. The van der Waals surface area contributed by atoms with Gasteiger partial charge in [0.15, 0.2) is 11.6 Å². The van der Waals surface area contributed by atoms with Gasteiger partial charge in [0.05, 0.1) is 11.7 Å². The van der Waals surface area contributed by atoms with Crippen molar-refractivity contribution in [3.8, 4) is 0 Å². The monoisotopic (exact) mass is 242 g/mol. The number of aryl methyl sites for hydroxylation is 1. The van der Waals surface area contributed by atoms with E-state index in [0.29, 0.717) is 5.96 Å². The van der Waals surface area contributed by atoms with Crippen LogP contribution in [0.25, 0.3) is 10.9 Å². The molecule has 0 aliphatic carbocycles. The molecule has 0 fully saturated rings. The van der Waals surface area contributed by atoms with Gasteiger partial charge in [-0.05, 0) is 12.1 Å². The molecule has 1 aromatic heterocycles. The van der Waals surface area contributed by atoms with Crippen LogP contribution in [0.1, 0.15) is 5.56 Å². The zero-order valence-corrected chi connectivity index (χ0v) is 9.96. The van der Waals surface area contributed by atoms with E-state index in [1.165, 1.54) is 0 Å². The second-order valence-corrected chi connectivity index (χ2v) is 4.31. The largest absolute Gasteiger partial charge is 0.370 e. The predicted octanol–water partition coefficient (Wildman–Crippen LogP) is 0.116. The van der Waals surface area contributed by atoms with Gasteiger partial charge in [-0.15, -0.1) is 0 Å². The molecule has 1 aliphatic rings. The maximum atomic E-state index is 6.31. The number of aromatic nitrogens is 2. The molecule has 92 valence electrons. The van der Waals surface area contributed by atoms with Gasteiger partial charge in [0, 0.05) is 24.2 Å². The zero-order chi connectivity index (χ0) is 12.8. The molecule has 2 heterocycles. The molecule has 6 nitrogen and oxygen atoms in total. The predicted molar refractivity (Wildman–Crippen MR) is 70.5 cm³/mol. The van der Waals surface area contributed by atoms with E-state index in [4.69, 9.17) is 11.5 Å². The first-order chi connectivity index (χ1) is 8.60. The summed E-state index contributed by atoms with van der Waals surface area (Å²) >= 11 is 0. The van der Waals surface area contributed by atoms with E-state index < -0.39 is 5.66 Å². The first-order valence-corrected chi connectivity index (χ1v) is 5.60. The molecule has 6 heteroatoms. The molecule has 1 unspecified atom stereocenters. The molecular weight excluding hydrogens is 228 g/mol. The van der Waals surface area contributed by atoms with Crippen LogP contribution in [0.2, 0.25) is 0 Å². The summed E-state index contributed by atoms with van der Waals surface area (Å²) in [7, 11) is 1.89. The Morgan fingerprint density at radius 3 is 3.00 bits per heavy atom. The first-order valence-electron chi connectivity index (χ1n) is 5.60. The highest BCUT2D eigenvalue weighted by molar-refractivity contribution is 5.86. The van der Waals surface area contributed by atoms with E-state index in [0.717, 1.165) is 16.5 Å². The first kappa shape index (κ1) is 10.8.